The molecule has 0 radical (unpaired) electrons. The Morgan fingerprint density at radius 2 is 1.53 bits per heavy atom. The summed E-state index contributed by atoms with van der Waals surface area (Å²) in [5.41, 5.74) is -0.120. The van der Waals surface area contributed by atoms with Gasteiger partial charge in [0.25, 0.3) is 0 Å². The molecule has 19 heavy (non-hydrogen) atoms. The van der Waals surface area contributed by atoms with Gasteiger partial charge in [0.05, 0.1) is 11.3 Å². The van der Waals surface area contributed by atoms with E-state index < -0.39 is 11.7 Å². The maximum atomic E-state index is 12.4. The second kappa shape index (κ2) is 5.11. The highest BCUT2D eigenvalue weighted by Gasteiger charge is 2.30. The fourth-order valence-corrected chi connectivity index (χ4v) is 2.05. The van der Waals surface area contributed by atoms with E-state index in [9.17, 15) is 13.2 Å². The number of rotatable bonds is 1. The first-order chi connectivity index (χ1) is 8.88. The third kappa shape index (κ3) is 3.19. The molecule has 0 aliphatic carbocycles. The molecule has 1 aromatic rings. The van der Waals surface area contributed by atoms with E-state index in [-0.39, 0.29) is 0 Å². The molecule has 1 saturated heterocycles. The van der Waals surface area contributed by atoms with Gasteiger partial charge in [-0.3, -0.25) is 0 Å². The van der Waals surface area contributed by atoms with E-state index in [0.29, 0.717) is 5.69 Å². The molecule has 1 aliphatic rings. The molecule has 6 heteroatoms. The molecule has 2 rings (SSSR count). The molecule has 104 valence electrons. The summed E-state index contributed by atoms with van der Waals surface area (Å²) in [5, 5.41) is 0. The molecule has 0 N–H and O–H groups in total. The zero-order chi connectivity index (χ0) is 14.0. The van der Waals surface area contributed by atoms with Crippen LogP contribution in [0.1, 0.15) is 12.0 Å². The molecule has 0 spiro atoms. The lowest BCUT2D eigenvalue weighted by Crippen LogP contribution is -2.46. The number of alkyl halides is 3. The first-order valence-corrected chi connectivity index (χ1v) is 6.06. The third-order valence-electron chi connectivity index (χ3n) is 3.09. The van der Waals surface area contributed by atoms with Crippen LogP contribution in [0.3, 0.4) is 0 Å². The van der Waals surface area contributed by atoms with Crippen molar-refractivity contribution in [1.29, 1.82) is 0 Å². The minimum absolute atomic E-state index is 0.531. The topological polar surface area (TPSA) is 18.8 Å². The van der Waals surface area contributed by atoms with Crippen molar-refractivity contribution in [2.45, 2.75) is 12.6 Å². The predicted molar refractivity (Wildman–Crippen MR) is 68.4 cm³/mol. The van der Waals surface area contributed by atoms with E-state index >= 15 is 0 Å². The van der Waals surface area contributed by atoms with Gasteiger partial charge in [-0.1, -0.05) is 0 Å². The Labute approximate surface area is 110 Å². The summed E-state index contributed by atoms with van der Waals surface area (Å²) in [6.45, 7) is 1.81. The fraction of sp³-hybridized carbons (Fsp3) is 0.462. The van der Waals surface area contributed by atoms with Crippen molar-refractivity contribution in [2.75, 3.05) is 27.2 Å². The van der Waals surface area contributed by atoms with Gasteiger partial charge in [0, 0.05) is 27.2 Å². The van der Waals surface area contributed by atoms with E-state index in [4.69, 9.17) is 0 Å². The lowest BCUT2D eigenvalue weighted by Gasteiger charge is -2.34. The van der Waals surface area contributed by atoms with Crippen molar-refractivity contribution in [3.05, 3.63) is 29.8 Å². The van der Waals surface area contributed by atoms with Crippen LogP contribution >= 0.6 is 0 Å². The van der Waals surface area contributed by atoms with E-state index in [1.165, 1.54) is 12.1 Å². The second-order valence-electron chi connectivity index (χ2n) is 4.65. The lowest BCUT2D eigenvalue weighted by molar-refractivity contribution is -0.137. The first kappa shape index (κ1) is 13.7. The molecule has 1 heterocycles. The molecule has 1 aliphatic heterocycles. The van der Waals surface area contributed by atoms with Crippen LogP contribution in [0.4, 0.5) is 18.9 Å². The van der Waals surface area contributed by atoms with Gasteiger partial charge in [-0.25, -0.2) is 4.99 Å². The highest BCUT2D eigenvalue weighted by molar-refractivity contribution is 5.83. The second-order valence-corrected chi connectivity index (χ2v) is 4.65. The van der Waals surface area contributed by atoms with Crippen LogP contribution in [-0.2, 0) is 6.18 Å². The molecule has 0 unspecified atom stereocenters. The average molecular weight is 271 g/mol. The first-order valence-electron chi connectivity index (χ1n) is 6.06. The normalized spacial score (nSPS) is 16.8. The van der Waals surface area contributed by atoms with Gasteiger partial charge in [-0.2, -0.15) is 13.2 Å². The van der Waals surface area contributed by atoms with Gasteiger partial charge < -0.3 is 9.80 Å². The molecular formula is C13H16F3N3. The van der Waals surface area contributed by atoms with Gasteiger partial charge in [-0.15, -0.1) is 0 Å². The highest BCUT2D eigenvalue weighted by atomic mass is 19.4. The van der Waals surface area contributed by atoms with E-state index in [0.717, 1.165) is 37.6 Å². The number of halogens is 3. The van der Waals surface area contributed by atoms with Gasteiger partial charge in [0.1, 0.15) is 0 Å². The molecule has 0 saturated carbocycles. The standard InChI is InChI=1S/C13H16F3N3/c1-18-8-3-9-19(2)12(18)17-11-6-4-10(5-7-11)13(14,15)16/h4-7H,3,8-9H2,1-2H3. The zero-order valence-corrected chi connectivity index (χ0v) is 10.9. The molecule has 1 fully saturated rings. The summed E-state index contributed by atoms with van der Waals surface area (Å²) in [6, 6.07) is 4.91. The number of nitrogens with zero attached hydrogens (tertiary/aromatic N) is 3. The van der Waals surface area contributed by atoms with Crippen LogP contribution in [0.25, 0.3) is 0 Å². The minimum atomic E-state index is -4.30. The monoisotopic (exact) mass is 271 g/mol. The van der Waals surface area contributed by atoms with Gasteiger partial charge in [0.15, 0.2) is 0 Å². The number of benzene rings is 1. The summed E-state index contributed by atoms with van der Waals surface area (Å²) in [5.74, 6) is 0.783. The van der Waals surface area contributed by atoms with Crippen molar-refractivity contribution in [3.63, 3.8) is 0 Å². The van der Waals surface area contributed by atoms with Crippen LogP contribution in [0, 0.1) is 0 Å². The zero-order valence-electron chi connectivity index (χ0n) is 10.9. The van der Waals surface area contributed by atoms with Crippen molar-refractivity contribution in [1.82, 2.24) is 9.80 Å². The smallest absolute Gasteiger partial charge is 0.346 e. The Bertz CT molecular complexity index is 453. The lowest BCUT2D eigenvalue weighted by atomic mass is 10.2. The summed E-state index contributed by atoms with van der Waals surface area (Å²) >= 11 is 0. The third-order valence-corrected chi connectivity index (χ3v) is 3.09. The SMILES string of the molecule is CN1CCCN(C)C1=Nc1ccc(C(F)(F)F)cc1. The molecule has 0 amide bonds. The van der Waals surface area contributed by atoms with Crippen molar-refractivity contribution in [2.24, 2.45) is 4.99 Å². The van der Waals surface area contributed by atoms with E-state index in [2.05, 4.69) is 4.99 Å². The van der Waals surface area contributed by atoms with Crippen molar-refractivity contribution >= 4 is 11.6 Å². The van der Waals surface area contributed by atoms with Gasteiger partial charge >= 0.3 is 6.18 Å². The van der Waals surface area contributed by atoms with Gasteiger partial charge in [0.2, 0.25) is 5.96 Å². The number of guanidine groups is 1. The van der Waals surface area contributed by atoms with Crippen LogP contribution in [-0.4, -0.2) is 42.9 Å². The molecule has 0 atom stereocenters. The highest BCUT2D eigenvalue weighted by Crippen LogP contribution is 2.30. The largest absolute Gasteiger partial charge is 0.416 e. The Kier molecular flexibility index (Phi) is 3.68. The van der Waals surface area contributed by atoms with Crippen molar-refractivity contribution < 1.29 is 13.2 Å². The van der Waals surface area contributed by atoms with Crippen LogP contribution in [0.15, 0.2) is 29.3 Å². The van der Waals surface area contributed by atoms with E-state index in [1.54, 1.807) is 0 Å². The van der Waals surface area contributed by atoms with Gasteiger partial charge in [-0.05, 0) is 30.7 Å². The number of hydrogen-bond acceptors (Lipinski definition) is 1. The Morgan fingerprint density at radius 3 is 2.00 bits per heavy atom. The quantitative estimate of drug-likeness (QED) is 0.782. The summed E-state index contributed by atoms with van der Waals surface area (Å²) in [6.07, 6.45) is -3.25. The van der Waals surface area contributed by atoms with Crippen molar-refractivity contribution in [3.8, 4) is 0 Å². The van der Waals surface area contributed by atoms with Crippen LogP contribution in [0.2, 0.25) is 0 Å². The molecule has 1 aromatic carbocycles. The molecule has 0 bridgehead atoms. The Morgan fingerprint density at radius 1 is 1.00 bits per heavy atom. The fourth-order valence-electron chi connectivity index (χ4n) is 2.05. The number of hydrogen-bond donors (Lipinski definition) is 0. The minimum Gasteiger partial charge on any atom is -0.346 e. The maximum absolute atomic E-state index is 12.4. The average Bonchev–Trinajstić information content (AvgIpc) is 2.33. The van der Waals surface area contributed by atoms with Crippen LogP contribution < -0.4 is 0 Å². The maximum Gasteiger partial charge on any atom is 0.416 e. The summed E-state index contributed by atoms with van der Waals surface area (Å²) < 4.78 is 37.3. The van der Waals surface area contributed by atoms with E-state index in [1.807, 2.05) is 23.9 Å². The molecular weight excluding hydrogens is 255 g/mol. The Hall–Kier alpha value is -1.72. The summed E-state index contributed by atoms with van der Waals surface area (Å²) in [4.78, 5) is 8.41. The van der Waals surface area contributed by atoms with Crippen LogP contribution in [0.5, 0.6) is 0 Å². The Balaban J connectivity index is 2.23. The summed E-state index contributed by atoms with van der Waals surface area (Å²) in [7, 11) is 3.86. The molecule has 3 nitrogen and oxygen atoms in total. The molecule has 0 aromatic heterocycles. The number of aliphatic imine (C=N–C) groups is 1. The predicted octanol–water partition coefficient (Wildman–Crippen LogP) is 2.96.